The molecule has 0 spiro atoms. The molecule has 6 heteroatoms. The van der Waals surface area contributed by atoms with Gasteiger partial charge in [-0.25, -0.2) is 0 Å². The first-order valence-corrected chi connectivity index (χ1v) is 10.5. The van der Waals surface area contributed by atoms with E-state index in [4.69, 9.17) is 9.31 Å². The van der Waals surface area contributed by atoms with E-state index in [-0.39, 0.29) is 18.3 Å². The molecule has 1 fully saturated rings. The molecule has 2 nitrogen and oxygen atoms in total. The van der Waals surface area contributed by atoms with Gasteiger partial charge in [0.1, 0.15) is 0 Å². The molecule has 0 N–H and O–H groups in total. The van der Waals surface area contributed by atoms with Gasteiger partial charge in [0.15, 0.2) is 0 Å². The van der Waals surface area contributed by atoms with Crippen molar-refractivity contribution in [2.75, 3.05) is 0 Å². The second kappa shape index (κ2) is 5.82. The third kappa shape index (κ3) is 2.80. The Labute approximate surface area is 155 Å². The Morgan fingerprint density at radius 1 is 0.750 bits per heavy atom. The van der Waals surface area contributed by atoms with Crippen LogP contribution in [-0.4, -0.2) is 18.3 Å². The topological polar surface area (TPSA) is 18.5 Å². The fraction of sp³-hybridized carbons (Fsp3) is 0.333. The van der Waals surface area contributed by atoms with E-state index in [2.05, 4.69) is 69.5 Å². The third-order valence-electron chi connectivity index (χ3n) is 4.73. The zero-order valence-electron chi connectivity index (χ0n) is 14.2. The lowest BCUT2D eigenvalue weighted by Gasteiger charge is -2.32. The zero-order chi connectivity index (χ0) is 16.9. The van der Waals surface area contributed by atoms with Gasteiger partial charge in [-0.15, -0.1) is 34.0 Å². The maximum absolute atomic E-state index is 6.16. The maximum atomic E-state index is 6.16. The summed E-state index contributed by atoms with van der Waals surface area (Å²) >= 11 is 5.38. The lowest BCUT2D eigenvalue weighted by molar-refractivity contribution is 0.00578. The molecular weight excluding hydrogens is 355 g/mol. The SMILES string of the molecule is CC1(C)OB(c2ccc(-c3ccc(-c4cccs4)s3)s2)OC1(C)C. The van der Waals surface area contributed by atoms with Crippen molar-refractivity contribution in [3.63, 3.8) is 0 Å². The first-order chi connectivity index (χ1) is 11.4. The van der Waals surface area contributed by atoms with Crippen molar-refractivity contribution in [3.8, 4) is 19.5 Å². The van der Waals surface area contributed by atoms with Crippen LogP contribution in [0.5, 0.6) is 0 Å². The molecule has 4 heterocycles. The van der Waals surface area contributed by atoms with Gasteiger partial charge >= 0.3 is 7.12 Å². The lowest BCUT2D eigenvalue weighted by Crippen LogP contribution is -2.41. The van der Waals surface area contributed by atoms with Gasteiger partial charge in [0, 0.05) is 24.3 Å². The van der Waals surface area contributed by atoms with Crippen LogP contribution < -0.4 is 4.78 Å². The lowest BCUT2D eigenvalue weighted by atomic mass is 9.88. The number of thiophene rings is 3. The van der Waals surface area contributed by atoms with E-state index in [9.17, 15) is 0 Å². The van der Waals surface area contributed by atoms with Gasteiger partial charge in [0.2, 0.25) is 0 Å². The van der Waals surface area contributed by atoms with Crippen molar-refractivity contribution in [2.24, 2.45) is 0 Å². The molecule has 124 valence electrons. The molecular formula is C18H19BO2S3. The highest BCUT2D eigenvalue weighted by atomic mass is 32.1. The molecule has 1 aliphatic rings. The zero-order valence-corrected chi connectivity index (χ0v) is 16.6. The molecule has 0 unspecified atom stereocenters. The molecule has 0 amide bonds. The molecule has 4 rings (SSSR count). The summed E-state index contributed by atoms with van der Waals surface area (Å²) in [6.45, 7) is 8.37. The summed E-state index contributed by atoms with van der Waals surface area (Å²) in [5.41, 5.74) is -0.589. The predicted octanol–water partition coefficient (Wildman–Crippen LogP) is 5.50. The number of hydrogen-bond acceptors (Lipinski definition) is 5. The molecule has 3 aromatic rings. The van der Waals surface area contributed by atoms with Crippen LogP contribution in [0.4, 0.5) is 0 Å². The van der Waals surface area contributed by atoms with E-state index in [1.807, 2.05) is 11.3 Å². The van der Waals surface area contributed by atoms with E-state index in [0.717, 1.165) is 4.78 Å². The van der Waals surface area contributed by atoms with Crippen molar-refractivity contribution < 1.29 is 9.31 Å². The van der Waals surface area contributed by atoms with E-state index in [1.54, 1.807) is 22.7 Å². The van der Waals surface area contributed by atoms with Crippen LogP contribution in [0.1, 0.15) is 27.7 Å². The van der Waals surface area contributed by atoms with Crippen molar-refractivity contribution in [2.45, 2.75) is 38.9 Å². The summed E-state index contributed by atoms with van der Waals surface area (Å²) in [6, 6.07) is 13.0. The molecule has 0 aromatic carbocycles. The molecule has 0 bridgehead atoms. The summed E-state index contributed by atoms with van der Waals surface area (Å²) in [5.74, 6) is 0. The average molecular weight is 374 g/mol. The van der Waals surface area contributed by atoms with Crippen LogP contribution in [0.3, 0.4) is 0 Å². The van der Waals surface area contributed by atoms with Crippen LogP contribution in [0.15, 0.2) is 41.8 Å². The standard InChI is InChI=1S/C18H19BO2S3/c1-17(2)18(3,4)21-19(20-17)16-10-9-15(24-16)14-8-7-13(23-14)12-6-5-11-22-12/h5-11H,1-4H3. The Bertz CT molecular complexity index is 829. The molecule has 0 radical (unpaired) electrons. The Morgan fingerprint density at radius 2 is 1.33 bits per heavy atom. The monoisotopic (exact) mass is 374 g/mol. The minimum Gasteiger partial charge on any atom is -0.399 e. The molecule has 3 aromatic heterocycles. The van der Waals surface area contributed by atoms with E-state index in [1.165, 1.54) is 19.5 Å². The van der Waals surface area contributed by atoms with Gasteiger partial charge in [-0.1, -0.05) is 12.1 Å². The van der Waals surface area contributed by atoms with Gasteiger partial charge in [0.05, 0.1) is 11.2 Å². The Kier molecular flexibility index (Phi) is 4.01. The molecule has 0 aliphatic carbocycles. The van der Waals surface area contributed by atoms with Crippen molar-refractivity contribution in [1.29, 1.82) is 0 Å². The second-order valence-electron chi connectivity index (χ2n) is 6.93. The Balaban J connectivity index is 1.58. The van der Waals surface area contributed by atoms with E-state index < -0.39 is 0 Å². The maximum Gasteiger partial charge on any atom is 0.505 e. The van der Waals surface area contributed by atoms with Gasteiger partial charge in [-0.05, 0) is 57.3 Å². The minimum absolute atomic E-state index is 0.273. The highest BCUT2D eigenvalue weighted by Crippen LogP contribution is 2.40. The summed E-state index contributed by atoms with van der Waals surface area (Å²) in [5, 5.41) is 2.12. The normalized spacial score (nSPS) is 19.1. The quantitative estimate of drug-likeness (QED) is 0.563. The first-order valence-electron chi connectivity index (χ1n) is 7.95. The van der Waals surface area contributed by atoms with Crippen LogP contribution in [0, 0.1) is 0 Å². The Hall–Kier alpha value is -0.915. The highest BCUT2D eigenvalue weighted by molar-refractivity contribution is 7.29. The summed E-state index contributed by atoms with van der Waals surface area (Å²) < 4.78 is 13.4. The number of rotatable bonds is 3. The molecule has 1 aliphatic heterocycles. The van der Waals surface area contributed by atoms with Crippen molar-refractivity contribution in [1.82, 2.24) is 0 Å². The van der Waals surface area contributed by atoms with Crippen LogP contribution >= 0.6 is 34.0 Å². The largest absolute Gasteiger partial charge is 0.505 e. The molecule has 1 saturated heterocycles. The fourth-order valence-electron chi connectivity index (χ4n) is 2.59. The first kappa shape index (κ1) is 16.5. The van der Waals surface area contributed by atoms with Gasteiger partial charge in [-0.2, -0.15) is 0 Å². The molecule has 24 heavy (non-hydrogen) atoms. The van der Waals surface area contributed by atoms with Crippen molar-refractivity contribution in [3.05, 3.63) is 41.8 Å². The van der Waals surface area contributed by atoms with Gasteiger partial charge in [0.25, 0.3) is 0 Å². The number of hydrogen-bond donors (Lipinski definition) is 0. The Morgan fingerprint density at radius 3 is 1.96 bits per heavy atom. The molecule has 0 saturated carbocycles. The summed E-state index contributed by atoms with van der Waals surface area (Å²) in [7, 11) is -0.273. The minimum atomic E-state index is -0.295. The molecule has 0 atom stereocenters. The second-order valence-corrected chi connectivity index (χ2v) is 10.1. The van der Waals surface area contributed by atoms with Crippen LogP contribution in [0.2, 0.25) is 0 Å². The fourth-order valence-corrected chi connectivity index (χ4v) is 5.49. The van der Waals surface area contributed by atoms with Crippen LogP contribution in [0.25, 0.3) is 19.5 Å². The van der Waals surface area contributed by atoms with E-state index >= 15 is 0 Å². The highest BCUT2D eigenvalue weighted by Gasteiger charge is 2.52. The predicted molar refractivity (Wildman–Crippen MR) is 107 cm³/mol. The van der Waals surface area contributed by atoms with Gasteiger partial charge in [-0.3, -0.25) is 0 Å². The van der Waals surface area contributed by atoms with Gasteiger partial charge < -0.3 is 9.31 Å². The van der Waals surface area contributed by atoms with E-state index in [0.29, 0.717) is 0 Å². The van der Waals surface area contributed by atoms with Crippen LogP contribution in [-0.2, 0) is 9.31 Å². The summed E-state index contributed by atoms with van der Waals surface area (Å²) in [4.78, 5) is 5.22. The smallest absolute Gasteiger partial charge is 0.399 e. The van der Waals surface area contributed by atoms with Crippen molar-refractivity contribution >= 4 is 45.9 Å². The average Bonchev–Trinajstić information content (AvgIpc) is 3.26. The summed E-state index contributed by atoms with van der Waals surface area (Å²) in [6.07, 6.45) is 0. The third-order valence-corrected chi connectivity index (χ3v) is 8.18.